The van der Waals surface area contributed by atoms with Gasteiger partial charge < -0.3 is 15.1 Å². The number of nitrogens with one attached hydrogen (secondary N) is 1. The predicted molar refractivity (Wildman–Crippen MR) is 132 cm³/mol. The fourth-order valence-corrected chi connectivity index (χ4v) is 3.56. The molecule has 0 atom stereocenters. The predicted octanol–water partition coefficient (Wildman–Crippen LogP) is 1.41. The van der Waals surface area contributed by atoms with Gasteiger partial charge in [0.25, 0.3) is 11.6 Å². The molecule has 0 spiro atoms. The number of fused-ring (bicyclic) bond motifs is 3. The summed E-state index contributed by atoms with van der Waals surface area (Å²) in [7, 11) is 0. The summed E-state index contributed by atoms with van der Waals surface area (Å²) >= 11 is 5.00. The molecule has 0 aliphatic heterocycles. The summed E-state index contributed by atoms with van der Waals surface area (Å²) in [6.45, 7) is -0.505. The van der Waals surface area contributed by atoms with E-state index in [1.54, 1.807) is 67.0 Å². The Kier molecular flexibility index (Phi) is 11.4. The van der Waals surface area contributed by atoms with Crippen molar-refractivity contribution in [2.45, 2.75) is 0 Å². The molecule has 0 radical (unpaired) electrons. The third-order valence-electron chi connectivity index (χ3n) is 4.90. The van der Waals surface area contributed by atoms with Crippen LogP contribution in [0.3, 0.4) is 0 Å². The van der Waals surface area contributed by atoms with Crippen molar-refractivity contribution < 1.29 is 41.0 Å². The molecule has 188 valence electrons. The monoisotopic (exact) mass is 686 g/mol. The second-order valence-corrected chi connectivity index (χ2v) is 7.53. The molecule has 0 aliphatic carbocycles. The van der Waals surface area contributed by atoms with E-state index in [-0.39, 0.29) is 64.1 Å². The molecule has 0 saturated heterocycles. The quantitative estimate of drug-likeness (QED) is 0.138. The molecule has 0 fully saturated rings. The van der Waals surface area contributed by atoms with Crippen molar-refractivity contribution in [2.24, 2.45) is 0 Å². The van der Waals surface area contributed by atoms with Crippen molar-refractivity contribution >= 4 is 50.7 Å². The first-order valence-electron chi connectivity index (χ1n) is 10.5. The number of carbonyl (C=O) groups excluding carboxylic acids is 1. The molecule has 0 saturated carbocycles. The fourth-order valence-electron chi connectivity index (χ4n) is 3.28. The number of benzene rings is 2. The van der Waals surface area contributed by atoms with E-state index in [1.165, 1.54) is 11.0 Å². The molecule has 1 N–H and O–H groups in total. The van der Waals surface area contributed by atoms with Crippen LogP contribution in [0.15, 0.2) is 73.1 Å². The number of nitro groups is 1. The molecule has 0 bridgehead atoms. The van der Waals surface area contributed by atoms with Gasteiger partial charge in [0, 0.05) is 42.5 Å². The zero-order chi connectivity index (χ0) is 25.2. The number of aromatic nitrogens is 2. The van der Waals surface area contributed by atoms with Gasteiger partial charge in [-0.1, -0.05) is 24.3 Å². The van der Waals surface area contributed by atoms with Crippen molar-refractivity contribution in [2.75, 3.05) is 26.3 Å². The second kappa shape index (κ2) is 14.3. The molecular weight excluding hydrogens is 665 g/mol. The first kappa shape index (κ1) is 28.9. The van der Waals surface area contributed by atoms with Gasteiger partial charge in [-0.15, -0.1) is 13.2 Å². The number of nitro benzene ring substituents is 1. The van der Waals surface area contributed by atoms with Crippen molar-refractivity contribution in [3.05, 3.63) is 88.7 Å². The maximum atomic E-state index is 11.8. The molecule has 2 aromatic carbocycles. The van der Waals surface area contributed by atoms with Crippen LogP contribution in [0.5, 0.6) is 0 Å². The van der Waals surface area contributed by atoms with E-state index in [1.807, 2.05) is 0 Å². The van der Waals surface area contributed by atoms with Crippen LogP contribution < -0.4 is 15.5 Å². The Labute approximate surface area is 226 Å². The zero-order valence-corrected chi connectivity index (χ0v) is 21.9. The minimum absolute atomic E-state index is 0. The minimum atomic E-state index is -0.392. The molecule has 1 amide bonds. The molecule has 4 rings (SSSR count). The summed E-state index contributed by atoms with van der Waals surface area (Å²) in [4.78, 5) is 32.2. The third kappa shape index (κ3) is 7.31. The number of nitrogens with zero attached hydrogens (tertiary/aromatic N) is 4. The van der Waals surface area contributed by atoms with Crippen LogP contribution in [0.1, 0.15) is 10.4 Å². The van der Waals surface area contributed by atoms with Gasteiger partial charge in [0.15, 0.2) is 5.11 Å². The molecule has 2 aromatic heterocycles. The SMILES string of the molecule is O=C(NC(=S)N(CC[O-])CC[O-])c1ccccc1.O=[N+]([O-])c1cc2cccnc2c2ncccc12.[Pt+2]. The van der Waals surface area contributed by atoms with E-state index in [9.17, 15) is 25.1 Å². The van der Waals surface area contributed by atoms with E-state index in [4.69, 9.17) is 12.2 Å². The van der Waals surface area contributed by atoms with Gasteiger partial charge in [-0.3, -0.25) is 30.2 Å². The average molecular weight is 687 g/mol. The van der Waals surface area contributed by atoms with Crippen LogP contribution in [0.2, 0.25) is 0 Å². The van der Waals surface area contributed by atoms with E-state index < -0.39 is 4.92 Å². The smallest absolute Gasteiger partial charge is 0.853 e. The Hall–Kier alpha value is -3.37. The van der Waals surface area contributed by atoms with E-state index in [0.717, 1.165) is 5.39 Å². The molecular formula is C24H21N5O5PtS. The number of rotatable bonds is 6. The van der Waals surface area contributed by atoms with Gasteiger partial charge in [-0.2, -0.15) is 0 Å². The van der Waals surface area contributed by atoms with Gasteiger partial charge in [-0.05, 0) is 42.5 Å². The fraction of sp³-hybridized carbons (Fsp3) is 0.167. The van der Waals surface area contributed by atoms with Crippen molar-refractivity contribution in [1.29, 1.82) is 0 Å². The van der Waals surface area contributed by atoms with E-state index in [0.29, 0.717) is 22.0 Å². The number of hydrogen-bond donors (Lipinski definition) is 1. The van der Waals surface area contributed by atoms with E-state index in [2.05, 4.69) is 15.3 Å². The van der Waals surface area contributed by atoms with Crippen LogP contribution in [-0.2, 0) is 21.1 Å². The number of amides is 1. The summed E-state index contributed by atoms with van der Waals surface area (Å²) in [6.07, 6.45) is 3.27. The molecule has 2 heterocycles. The molecule has 36 heavy (non-hydrogen) atoms. The van der Waals surface area contributed by atoms with Crippen LogP contribution in [-0.4, -0.2) is 57.1 Å². The Balaban J connectivity index is 0.000000247. The Morgan fingerprint density at radius 1 is 0.944 bits per heavy atom. The van der Waals surface area contributed by atoms with Gasteiger partial charge in [0.05, 0.1) is 15.8 Å². The van der Waals surface area contributed by atoms with Gasteiger partial charge in [0.1, 0.15) is 5.52 Å². The number of thiocarbonyl (C=S) groups is 1. The number of pyridine rings is 2. The van der Waals surface area contributed by atoms with Gasteiger partial charge in [0.2, 0.25) is 0 Å². The molecule has 0 aliphatic rings. The third-order valence-corrected chi connectivity index (χ3v) is 5.26. The number of carbonyl (C=O) groups is 1. The molecule has 12 heteroatoms. The summed E-state index contributed by atoms with van der Waals surface area (Å²) in [5, 5.41) is 36.0. The second-order valence-electron chi connectivity index (χ2n) is 7.15. The maximum absolute atomic E-state index is 11.8. The average Bonchev–Trinajstić information content (AvgIpc) is 2.89. The first-order valence-corrected chi connectivity index (χ1v) is 11.0. The summed E-state index contributed by atoms with van der Waals surface area (Å²) in [5.74, 6) is -0.345. The normalized spacial score (nSPS) is 10.1. The van der Waals surface area contributed by atoms with Crippen LogP contribution in [0, 0.1) is 10.1 Å². The van der Waals surface area contributed by atoms with Crippen molar-refractivity contribution in [3.63, 3.8) is 0 Å². The largest absolute Gasteiger partial charge is 2.00 e. The Bertz CT molecular complexity index is 1340. The standard InChI is InChI=1S/C12H7N3O2.C12H14N2O3S.Pt/c16-15(17)10-7-8-3-1-5-13-11(8)12-9(10)4-2-6-14-12;15-8-6-14(7-9-16)12(18)13-11(17)10-4-2-1-3-5-10;/h1-7H;1-5H,6-9H2,(H,13,17,18);/q;-2;+2. The summed E-state index contributed by atoms with van der Waals surface area (Å²) in [6, 6.07) is 17.1. The maximum Gasteiger partial charge on any atom is 2.00 e. The van der Waals surface area contributed by atoms with Crippen LogP contribution >= 0.6 is 12.2 Å². The molecule has 10 nitrogen and oxygen atoms in total. The van der Waals surface area contributed by atoms with Crippen molar-refractivity contribution in [1.82, 2.24) is 20.2 Å². The Morgan fingerprint density at radius 3 is 2.17 bits per heavy atom. The van der Waals surface area contributed by atoms with Crippen LogP contribution in [0.25, 0.3) is 21.8 Å². The summed E-state index contributed by atoms with van der Waals surface area (Å²) < 4.78 is 0. The van der Waals surface area contributed by atoms with E-state index >= 15 is 0 Å². The first-order chi connectivity index (χ1) is 17.0. The number of non-ortho nitro benzene ring substituents is 1. The molecule has 0 unspecified atom stereocenters. The summed E-state index contributed by atoms with van der Waals surface area (Å²) in [5.41, 5.74) is 1.80. The zero-order valence-electron chi connectivity index (χ0n) is 18.8. The topological polar surface area (TPSA) is 147 Å². The number of hydrogen-bond acceptors (Lipinski definition) is 8. The van der Waals surface area contributed by atoms with Crippen molar-refractivity contribution in [3.8, 4) is 0 Å². The van der Waals surface area contributed by atoms with Crippen LogP contribution in [0.4, 0.5) is 5.69 Å². The minimum Gasteiger partial charge on any atom is -0.853 e. The Morgan fingerprint density at radius 2 is 1.56 bits per heavy atom. The van der Waals surface area contributed by atoms with Gasteiger partial charge in [-0.25, -0.2) is 0 Å². The van der Waals surface area contributed by atoms with Gasteiger partial charge >= 0.3 is 21.1 Å². The molecule has 4 aromatic rings.